The minimum absolute atomic E-state index is 0.222. The van der Waals surface area contributed by atoms with Gasteiger partial charge >= 0.3 is 0 Å². The molecule has 7 nitrogen and oxygen atoms in total. The van der Waals surface area contributed by atoms with Crippen LogP contribution < -0.4 is 15.5 Å². The van der Waals surface area contributed by atoms with Crippen molar-refractivity contribution in [2.45, 2.75) is 13.8 Å². The van der Waals surface area contributed by atoms with Gasteiger partial charge in [0.25, 0.3) is 0 Å². The molecule has 2 N–H and O–H groups in total. The largest absolute Gasteiger partial charge is 0.368 e. The highest BCUT2D eigenvalue weighted by Crippen LogP contribution is 2.18. The smallest absolute Gasteiger partial charge is 0.229 e. The van der Waals surface area contributed by atoms with E-state index in [1.165, 1.54) is 24.3 Å². The predicted molar refractivity (Wildman–Crippen MR) is 135 cm³/mol. The molecule has 1 fully saturated rings. The molecule has 0 radical (unpaired) electrons. The maximum atomic E-state index is 13.3. The molecule has 4 rings (SSSR count). The summed E-state index contributed by atoms with van der Waals surface area (Å²) in [6.45, 7) is 6.56. The number of aromatic nitrogens is 2. The Kier molecular flexibility index (Phi) is 7.27. The van der Waals surface area contributed by atoms with Gasteiger partial charge in [-0.05, 0) is 80.7 Å². The van der Waals surface area contributed by atoms with Crippen LogP contribution in [0, 0.1) is 25.5 Å². The summed E-state index contributed by atoms with van der Waals surface area (Å²) in [4.78, 5) is 17.8. The summed E-state index contributed by atoms with van der Waals surface area (Å²) in [5.74, 6) is 0.370. The number of halogens is 2. The van der Waals surface area contributed by atoms with Gasteiger partial charge in [-0.3, -0.25) is 5.32 Å². The molecule has 2 aromatic carbocycles. The van der Waals surface area contributed by atoms with Crippen molar-refractivity contribution in [1.82, 2.24) is 14.9 Å². The highest BCUT2D eigenvalue weighted by atomic mass is 32.1. The molecule has 2 heterocycles. The molecule has 1 aliphatic rings. The Morgan fingerprint density at radius 3 is 2.00 bits per heavy atom. The number of anilines is 3. The summed E-state index contributed by atoms with van der Waals surface area (Å²) in [7, 11) is 0. The molecule has 0 saturated carbocycles. The van der Waals surface area contributed by atoms with Crippen LogP contribution in [0.3, 0.4) is 0 Å². The summed E-state index contributed by atoms with van der Waals surface area (Å²) in [5, 5.41) is 6.45. The SMILES string of the molecule is Cc1cc(C)nc(N/C(=N/C(=S)Nc2ccc(F)cc2)N2CCN(c3ccc(F)cc3)CC2)n1. The van der Waals surface area contributed by atoms with Crippen molar-refractivity contribution in [2.75, 3.05) is 41.7 Å². The highest BCUT2D eigenvalue weighted by Gasteiger charge is 2.21. The van der Waals surface area contributed by atoms with E-state index in [2.05, 4.69) is 35.4 Å². The minimum atomic E-state index is -0.326. The summed E-state index contributed by atoms with van der Waals surface area (Å²) < 4.78 is 26.5. The predicted octanol–water partition coefficient (Wildman–Crippen LogP) is 4.36. The van der Waals surface area contributed by atoms with Crippen molar-refractivity contribution in [3.63, 3.8) is 0 Å². The fourth-order valence-electron chi connectivity index (χ4n) is 3.67. The van der Waals surface area contributed by atoms with Crippen molar-refractivity contribution in [1.29, 1.82) is 0 Å². The number of nitrogens with zero attached hydrogens (tertiary/aromatic N) is 5. The van der Waals surface area contributed by atoms with E-state index in [4.69, 9.17) is 12.2 Å². The Labute approximate surface area is 202 Å². The Bertz CT molecular complexity index is 1150. The van der Waals surface area contributed by atoms with E-state index < -0.39 is 0 Å². The molecule has 0 aliphatic carbocycles. The second kappa shape index (κ2) is 10.5. The van der Waals surface area contributed by atoms with E-state index in [0.717, 1.165) is 30.2 Å². The third-order valence-corrected chi connectivity index (χ3v) is 5.47. The second-order valence-electron chi connectivity index (χ2n) is 7.92. The average Bonchev–Trinajstić information content (AvgIpc) is 2.80. The maximum absolute atomic E-state index is 13.3. The topological polar surface area (TPSA) is 68.7 Å². The van der Waals surface area contributed by atoms with Gasteiger partial charge in [-0.25, -0.2) is 18.7 Å². The molecular weight excluding hydrogens is 456 g/mol. The zero-order valence-electron chi connectivity index (χ0n) is 18.9. The zero-order valence-corrected chi connectivity index (χ0v) is 19.7. The third-order valence-electron chi connectivity index (χ3n) is 5.28. The van der Waals surface area contributed by atoms with Crippen LogP contribution in [0.2, 0.25) is 0 Å². The molecule has 176 valence electrons. The number of guanidine groups is 1. The van der Waals surface area contributed by atoms with Crippen LogP contribution in [-0.2, 0) is 0 Å². The number of thiocarbonyl (C=S) groups is 1. The van der Waals surface area contributed by atoms with E-state index in [0.29, 0.717) is 30.7 Å². The molecule has 0 spiro atoms. The molecule has 0 bridgehead atoms. The van der Waals surface area contributed by atoms with E-state index >= 15 is 0 Å². The Morgan fingerprint density at radius 1 is 0.853 bits per heavy atom. The number of piperazine rings is 1. The van der Waals surface area contributed by atoms with Gasteiger partial charge in [-0.1, -0.05) is 0 Å². The number of aryl methyl sites for hydroxylation is 2. The minimum Gasteiger partial charge on any atom is -0.368 e. The highest BCUT2D eigenvalue weighted by molar-refractivity contribution is 7.80. The first-order valence-corrected chi connectivity index (χ1v) is 11.3. The van der Waals surface area contributed by atoms with Crippen LogP contribution in [0.1, 0.15) is 11.4 Å². The molecular formula is C24H25F2N7S. The van der Waals surface area contributed by atoms with Gasteiger partial charge in [-0.15, -0.1) is 0 Å². The Morgan fingerprint density at radius 2 is 1.41 bits per heavy atom. The lowest BCUT2D eigenvalue weighted by Gasteiger charge is -2.37. The van der Waals surface area contributed by atoms with E-state index in [9.17, 15) is 8.78 Å². The van der Waals surface area contributed by atoms with Crippen molar-refractivity contribution in [2.24, 2.45) is 4.99 Å². The third kappa shape index (κ3) is 6.22. The summed E-state index contributed by atoms with van der Waals surface area (Å²) in [5.41, 5.74) is 3.28. The lowest BCUT2D eigenvalue weighted by Crippen LogP contribution is -2.51. The monoisotopic (exact) mass is 481 g/mol. The summed E-state index contributed by atoms with van der Waals surface area (Å²) in [6.07, 6.45) is 0. The summed E-state index contributed by atoms with van der Waals surface area (Å²) >= 11 is 5.45. The first kappa shape index (κ1) is 23.5. The van der Waals surface area contributed by atoms with Crippen molar-refractivity contribution < 1.29 is 8.78 Å². The molecule has 1 aromatic heterocycles. The fraction of sp³-hybridized carbons (Fsp3) is 0.250. The van der Waals surface area contributed by atoms with Crippen molar-refractivity contribution in [3.8, 4) is 0 Å². The van der Waals surface area contributed by atoms with Crippen LogP contribution in [0.4, 0.5) is 26.1 Å². The zero-order chi connectivity index (χ0) is 24.1. The number of nitrogens with one attached hydrogen (secondary N) is 2. The number of aliphatic imine (C=N–C) groups is 1. The van der Waals surface area contributed by atoms with Crippen LogP contribution in [-0.4, -0.2) is 52.1 Å². The number of benzene rings is 2. The lowest BCUT2D eigenvalue weighted by molar-refractivity contribution is 0.385. The molecule has 0 unspecified atom stereocenters. The molecule has 1 saturated heterocycles. The molecule has 1 aliphatic heterocycles. The van der Waals surface area contributed by atoms with Crippen molar-refractivity contribution in [3.05, 3.63) is 77.6 Å². The number of hydrogen-bond donors (Lipinski definition) is 2. The van der Waals surface area contributed by atoms with E-state index in [1.807, 2.05) is 19.9 Å². The van der Waals surface area contributed by atoms with Gasteiger partial charge in [0.15, 0.2) is 0 Å². The van der Waals surface area contributed by atoms with E-state index in [1.54, 1.807) is 24.3 Å². The van der Waals surface area contributed by atoms with Crippen LogP contribution in [0.15, 0.2) is 59.6 Å². The fourth-order valence-corrected chi connectivity index (χ4v) is 3.87. The Balaban J connectivity index is 1.52. The average molecular weight is 482 g/mol. The standard InChI is InChI=1S/C24H25F2N7S/c1-16-15-17(2)28-22(27-16)30-23(31-24(34)29-20-7-3-18(25)4-8-20)33-13-11-32(12-14-33)21-9-5-19(26)6-10-21/h3-10,15H,11-14H2,1-2H3,(H2,27,28,29,30,31,34). The van der Waals surface area contributed by atoms with Gasteiger partial charge in [0, 0.05) is 48.9 Å². The van der Waals surface area contributed by atoms with Crippen LogP contribution >= 0.6 is 12.2 Å². The molecule has 3 aromatic rings. The van der Waals surface area contributed by atoms with Crippen LogP contribution in [0.25, 0.3) is 0 Å². The maximum Gasteiger partial charge on any atom is 0.229 e. The second-order valence-corrected chi connectivity index (χ2v) is 8.31. The quantitative estimate of drug-likeness (QED) is 0.327. The number of rotatable bonds is 3. The molecule has 0 amide bonds. The van der Waals surface area contributed by atoms with Gasteiger partial charge in [-0.2, -0.15) is 4.99 Å². The molecule has 10 heteroatoms. The van der Waals surface area contributed by atoms with Gasteiger partial charge < -0.3 is 15.1 Å². The normalized spacial score (nSPS) is 14.2. The van der Waals surface area contributed by atoms with Gasteiger partial charge in [0.2, 0.25) is 17.0 Å². The summed E-state index contributed by atoms with van der Waals surface area (Å²) in [6, 6.07) is 14.3. The molecule has 34 heavy (non-hydrogen) atoms. The molecule has 0 atom stereocenters. The van der Waals surface area contributed by atoms with Crippen molar-refractivity contribution >= 4 is 40.6 Å². The van der Waals surface area contributed by atoms with Gasteiger partial charge in [0.1, 0.15) is 11.6 Å². The van der Waals surface area contributed by atoms with E-state index in [-0.39, 0.29) is 16.7 Å². The number of hydrogen-bond acceptors (Lipinski definition) is 4. The first-order chi connectivity index (χ1) is 16.4. The van der Waals surface area contributed by atoms with Crippen LogP contribution in [0.5, 0.6) is 0 Å². The first-order valence-electron chi connectivity index (χ1n) is 10.9. The lowest BCUT2D eigenvalue weighted by atomic mass is 10.2. The Hall–Kier alpha value is -3.66. The van der Waals surface area contributed by atoms with Gasteiger partial charge in [0.05, 0.1) is 0 Å².